The van der Waals surface area contributed by atoms with Crippen molar-refractivity contribution in [3.63, 3.8) is 0 Å². The SMILES string of the molecule is C[C@H]1CN(C(=O)CNC(=O)C(F)(F)F)CC1(C)C. The molecular weight excluding hydrogens is 249 g/mol. The van der Waals surface area contributed by atoms with Gasteiger partial charge in [0.15, 0.2) is 0 Å². The number of alkyl halides is 3. The van der Waals surface area contributed by atoms with Crippen molar-refractivity contribution < 1.29 is 22.8 Å². The Labute approximate surface area is 104 Å². The van der Waals surface area contributed by atoms with E-state index in [2.05, 4.69) is 0 Å². The lowest BCUT2D eigenvalue weighted by Crippen LogP contribution is -2.44. The maximum absolute atomic E-state index is 11.9. The van der Waals surface area contributed by atoms with Gasteiger partial charge in [-0.15, -0.1) is 0 Å². The van der Waals surface area contributed by atoms with Gasteiger partial charge in [0.1, 0.15) is 0 Å². The van der Waals surface area contributed by atoms with Crippen molar-refractivity contribution in [2.45, 2.75) is 26.9 Å². The number of hydrogen-bond acceptors (Lipinski definition) is 2. The molecule has 1 aliphatic rings. The molecule has 0 radical (unpaired) electrons. The minimum atomic E-state index is -4.95. The highest BCUT2D eigenvalue weighted by Crippen LogP contribution is 2.34. The first-order valence-corrected chi connectivity index (χ1v) is 5.67. The Balaban J connectivity index is 2.47. The Morgan fingerprint density at radius 3 is 2.33 bits per heavy atom. The molecule has 0 bridgehead atoms. The molecule has 7 heteroatoms. The Bertz CT molecular complexity index is 353. The predicted molar refractivity (Wildman–Crippen MR) is 58.6 cm³/mol. The van der Waals surface area contributed by atoms with Crippen molar-refractivity contribution in [3.8, 4) is 0 Å². The highest BCUT2D eigenvalue weighted by Gasteiger charge is 2.41. The molecule has 1 saturated heterocycles. The second-order valence-corrected chi connectivity index (χ2v) is 5.34. The van der Waals surface area contributed by atoms with E-state index in [1.165, 1.54) is 4.90 Å². The minimum Gasteiger partial charge on any atom is -0.340 e. The first kappa shape index (κ1) is 14.8. The molecule has 1 fully saturated rings. The number of nitrogens with zero attached hydrogens (tertiary/aromatic N) is 1. The van der Waals surface area contributed by atoms with Gasteiger partial charge in [-0.3, -0.25) is 9.59 Å². The third-order valence-corrected chi connectivity index (χ3v) is 3.44. The first-order chi connectivity index (χ1) is 8.04. The lowest BCUT2D eigenvalue weighted by Gasteiger charge is -2.22. The fourth-order valence-corrected chi connectivity index (χ4v) is 1.85. The summed E-state index contributed by atoms with van der Waals surface area (Å²) < 4.78 is 35.8. The van der Waals surface area contributed by atoms with E-state index in [1.807, 2.05) is 20.8 Å². The monoisotopic (exact) mass is 266 g/mol. The van der Waals surface area contributed by atoms with Crippen LogP contribution in [0.3, 0.4) is 0 Å². The van der Waals surface area contributed by atoms with Crippen LogP contribution in [-0.4, -0.2) is 42.5 Å². The molecule has 0 unspecified atom stereocenters. The zero-order valence-corrected chi connectivity index (χ0v) is 10.6. The van der Waals surface area contributed by atoms with Crippen LogP contribution in [0.15, 0.2) is 0 Å². The molecule has 1 rings (SSSR count). The van der Waals surface area contributed by atoms with Crippen molar-refractivity contribution in [3.05, 3.63) is 0 Å². The van der Waals surface area contributed by atoms with Crippen LogP contribution < -0.4 is 5.32 Å². The largest absolute Gasteiger partial charge is 0.471 e. The number of halogens is 3. The van der Waals surface area contributed by atoms with E-state index < -0.39 is 24.5 Å². The summed E-state index contributed by atoms with van der Waals surface area (Å²) >= 11 is 0. The maximum Gasteiger partial charge on any atom is 0.471 e. The van der Waals surface area contributed by atoms with E-state index in [9.17, 15) is 22.8 Å². The van der Waals surface area contributed by atoms with Gasteiger partial charge in [0.05, 0.1) is 6.54 Å². The third kappa shape index (κ3) is 3.36. The fraction of sp³-hybridized carbons (Fsp3) is 0.818. The average Bonchev–Trinajstić information content (AvgIpc) is 2.48. The summed E-state index contributed by atoms with van der Waals surface area (Å²) in [6.07, 6.45) is -4.95. The van der Waals surface area contributed by atoms with Gasteiger partial charge in [-0.05, 0) is 11.3 Å². The number of carbonyl (C=O) groups is 2. The molecule has 1 atom stereocenters. The zero-order valence-electron chi connectivity index (χ0n) is 10.6. The topological polar surface area (TPSA) is 49.4 Å². The molecule has 0 saturated carbocycles. The Morgan fingerprint density at radius 1 is 1.39 bits per heavy atom. The first-order valence-electron chi connectivity index (χ1n) is 5.67. The van der Waals surface area contributed by atoms with E-state index in [0.717, 1.165) is 0 Å². The van der Waals surface area contributed by atoms with Crippen molar-refractivity contribution in [1.82, 2.24) is 10.2 Å². The summed E-state index contributed by atoms with van der Waals surface area (Å²) in [6.45, 7) is 6.38. The number of carbonyl (C=O) groups excluding carboxylic acids is 2. The van der Waals surface area contributed by atoms with Gasteiger partial charge in [-0.25, -0.2) is 0 Å². The van der Waals surface area contributed by atoms with Crippen LogP contribution in [0.4, 0.5) is 13.2 Å². The lowest BCUT2D eigenvalue weighted by atomic mass is 9.84. The molecule has 0 aromatic rings. The summed E-state index contributed by atoms with van der Waals surface area (Å²) in [7, 11) is 0. The molecule has 0 spiro atoms. The second-order valence-electron chi connectivity index (χ2n) is 5.34. The lowest BCUT2D eigenvalue weighted by molar-refractivity contribution is -0.174. The van der Waals surface area contributed by atoms with Crippen molar-refractivity contribution in [2.24, 2.45) is 11.3 Å². The second kappa shape index (κ2) is 4.78. The Morgan fingerprint density at radius 2 is 1.94 bits per heavy atom. The summed E-state index contributed by atoms with van der Waals surface area (Å²) in [5.41, 5.74) is -0.0519. The summed E-state index contributed by atoms with van der Waals surface area (Å²) in [5, 5.41) is 1.59. The van der Waals surface area contributed by atoms with Crippen LogP contribution in [0.1, 0.15) is 20.8 Å². The fourth-order valence-electron chi connectivity index (χ4n) is 1.85. The number of hydrogen-bond donors (Lipinski definition) is 1. The molecule has 2 amide bonds. The van der Waals surface area contributed by atoms with Gasteiger partial charge in [-0.1, -0.05) is 20.8 Å². The van der Waals surface area contributed by atoms with Gasteiger partial charge in [-0.2, -0.15) is 13.2 Å². The normalized spacial score (nSPS) is 23.0. The van der Waals surface area contributed by atoms with Crippen LogP contribution in [0.5, 0.6) is 0 Å². The van der Waals surface area contributed by atoms with Crippen LogP contribution >= 0.6 is 0 Å². The standard InChI is InChI=1S/C11H17F3N2O2/c1-7-5-16(6-10(7,2)3)8(17)4-15-9(18)11(12,13)14/h7H,4-6H2,1-3H3,(H,15,18)/t7-/m0/s1. The van der Waals surface area contributed by atoms with Crippen LogP contribution in [0.2, 0.25) is 0 Å². The Hall–Kier alpha value is -1.27. The van der Waals surface area contributed by atoms with Gasteiger partial charge in [0, 0.05) is 13.1 Å². The molecule has 1 N–H and O–H groups in total. The number of rotatable bonds is 2. The molecule has 1 aliphatic heterocycles. The van der Waals surface area contributed by atoms with E-state index in [0.29, 0.717) is 13.1 Å². The predicted octanol–water partition coefficient (Wildman–Crippen LogP) is 1.17. The summed E-state index contributed by atoms with van der Waals surface area (Å²) in [5.74, 6) is -2.29. The van der Waals surface area contributed by atoms with Crippen LogP contribution in [0.25, 0.3) is 0 Å². The quantitative estimate of drug-likeness (QED) is 0.815. The van der Waals surface area contributed by atoms with Crippen molar-refractivity contribution in [2.75, 3.05) is 19.6 Å². The van der Waals surface area contributed by atoms with Gasteiger partial charge >= 0.3 is 12.1 Å². The molecule has 104 valence electrons. The summed E-state index contributed by atoms with van der Waals surface area (Å²) in [4.78, 5) is 23.7. The average molecular weight is 266 g/mol. The minimum absolute atomic E-state index is 0.0519. The molecule has 4 nitrogen and oxygen atoms in total. The number of likely N-dealkylation sites (tertiary alicyclic amines) is 1. The molecule has 0 aromatic carbocycles. The maximum atomic E-state index is 11.9. The van der Waals surface area contributed by atoms with E-state index >= 15 is 0 Å². The molecule has 1 heterocycles. The van der Waals surface area contributed by atoms with E-state index in [1.54, 1.807) is 5.32 Å². The highest BCUT2D eigenvalue weighted by atomic mass is 19.4. The number of nitrogens with one attached hydrogen (secondary N) is 1. The van der Waals surface area contributed by atoms with E-state index in [-0.39, 0.29) is 11.3 Å². The molecule has 18 heavy (non-hydrogen) atoms. The van der Waals surface area contributed by atoms with Crippen molar-refractivity contribution in [1.29, 1.82) is 0 Å². The molecule has 0 aromatic heterocycles. The van der Waals surface area contributed by atoms with Gasteiger partial charge in [0.2, 0.25) is 5.91 Å². The third-order valence-electron chi connectivity index (χ3n) is 3.44. The molecule has 0 aliphatic carbocycles. The van der Waals surface area contributed by atoms with E-state index in [4.69, 9.17) is 0 Å². The smallest absolute Gasteiger partial charge is 0.340 e. The highest BCUT2D eigenvalue weighted by molar-refractivity contribution is 5.87. The van der Waals surface area contributed by atoms with Gasteiger partial charge in [0.25, 0.3) is 0 Å². The molecular formula is C11H17F3N2O2. The zero-order chi connectivity index (χ0) is 14.1. The number of amides is 2. The van der Waals surface area contributed by atoms with Crippen molar-refractivity contribution >= 4 is 11.8 Å². The van der Waals surface area contributed by atoms with Crippen LogP contribution in [0, 0.1) is 11.3 Å². The summed E-state index contributed by atoms with van der Waals surface area (Å²) in [6, 6.07) is 0. The Kier molecular flexibility index (Phi) is 3.92. The van der Waals surface area contributed by atoms with Gasteiger partial charge < -0.3 is 10.2 Å². The van der Waals surface area contributed by atoms with Crippen LogP contribution in [-0.2, 0) is 9.59 Å².